The molecular weight excluding hydrogens is 436 g/mol. The van der Waals surface area contributed by atoms with E-state index in [1.807, 2.05) is 36.4 Å². The van der Waals surface area contributed by atoms with Crippen LogP contribution in [-0.4, -0.2) is 36.1 Å². The summed E-state index contributed by atoms with van der Waals surface area (Å²) in [5.74, 6) is 3.31. The van der Waals surface area contributed by atoms with E-state index in [0.29, 0.717) is 28.9 Å². The van der Waals surface area contributed by atoms with Gasteiger partial charge in [0.25, 0.3) is 0 Å². The number of hydrogen-bond acceptors (Lipinski definition) is 7. The summed E-state index contributed by atoms with van der Waals surface area (Å²) in [5, 5.41) is 19.1. The molecule has 4 rings (SSSR count). The van der Waals surface area contributed by atoms with Crippen LogP contribution in [0.15, 0.2) is 41.6 Å². The smallest absolute Gasteiger partial charge is 0.203 e. The maximum absolute atomic E-state index is 9.03. The van der Waals surface area contributed by atoms with Crippen LogP contribution in [-0.2, 0) is 5.75 Å². The molecule has 3 aromatic rings. The number of nitrogens with zero attached hydrogens (tertiary/aromatic N) is 4. The number of benzene rings is 2. The lowest BCUT2D eigenvalue weighted by Gasteiger charge is -2.26. The van der Waals surface area contributed by atoms with Crippen molar-refractivity contribution in [1.29, 1.82) is 5.26 Å². The van der Waals surface area contributed by atoms with Crippen molar-refractivity contribution in [2.75, 3.05) is 21.3 Å². The normalized spacial score (nSPS) is 14.0. The van der Waals surface area contributed by atoms with Gasteiger partial charge < -0.3 is 14.2 Å². The molecule has 33 heavy (non-hydrogen) atoms. The molecule has 0 unspecified atom stereocenters. The summed E-state index contributed by atoms with van der Waals surface area (Å²) < 4.78 is 18.9. The van der Waals surface area contributed by atoms with Crippen molar-refractivity contribution in [2.45, 2.75) is 49.1 Å². The van der Waals surface area contributed by atoms with Crippen LogP contribution in [0.3, 0.4) is 0 Å². The van der Waals surface area contributed by atoms with Crippen molar-refractivity contribution in [3.05, 3.63) is 47.5 Å². The molecule has 172 valence electrons. The monoisotopic (exact) mass is 464 g/mol. The second-order valence-corrected chi connectivity index (χ2v) is 8.92. The van der Waals surface area contributed by atoms with Gasteiger partial charge >= 0.3 is 0 Å². The lowest BCUT2D eigenvalue weighted by atomic mass is 9.95. The van der Waals surface area contributed by atoms with Crippen molar-refractivity contribution in [3.8, 4) is 34.7 Å². The molecule has 2 aromatic carbocycles. The fourth-order valence-corrected chi connectivity index (χ4v) is 5.24. The fourth-order valence-electron chi connectivity index (χ4n) is 4.27. The fraction of sp³-hybridized carbons (Fsp3) is 0.400. The second-order valence-electron chi connectivity index (χ2n) is 7.98. The lowest BCUT2D eigenvalue weighted by Crippen LogP contribution is -2.15. The molecule has 0 N–H and O–H groups in total. The number of methoxy groups -OCH3 is 3. The molecule has 1 fully saturated rings. The highest BCUT2D eigenvalue weighted by Gasteiger charge is 2.25. The van der Waals surface area contributed by atoms with Gasteiger partial charge in [0.15, 0.2) is 22.5 Å². The number of hydrogen-bond donors (Lipinski definition) is 0. The molecule has 0 radical (unpaired) electrons. The summed E-state index contributed by atoms with van der Waals surface area (Å²) in [6, 6.07) is 14.1. The third-order valence-corrected chi connectivity index (χ3v) is 6.99. The molecule has 0 saturated heterocycles. The van der Waals surface area contributed by atoms with Crippen molar-refractivity contribution < 1.29 is 14.2 Å². The van der Waals surface area contributed by atoms with Gasteiger partial charge in [-0.15, -0.1) is 10.2 Å². The number of thioether (sulfide) groups is 1. The van der Waals surface area contributed by atoms with Gasteiger partial charge in [0.05, 0.1) is 33.0 Å². The third-order valence-electron chi connectivity index (χ3n) is 5.98. The van der Waals surface area contributed by atoms with E-state index in [1.165, 1.54) is 19.3 Å². The zero-order valence-corrected chi connectivity index (χ0v) is 20.0. The Balaban J connectivity index is 1.71. The molecule has 1 aliphatic rings. The molecule has 1 saturated carbocycles. The number of ether oxygens (including phenoxy) is 3. The van der Waals surface area contributed by atoms with Gasteiger partial charge in [-0.1, -0.05) is 43.2 Å². The Morgan fingerprint density at radius 2 is 1.64 bits per heavy atom. The van der Waals surface area contributed by atoms with Crippen molar-refractivity contribution >= 4 is 11.8 Å². The molecule has 0 aliphatic heterocycles. The van der Waals surface area contributed by atoms with Gasteiger partial charge in [-0.3, -0.25) is 4.57 Å². The summed E-state index contributed by atoms with van der Waals surface area (Å²) in [4.78, 5) is 0. The van der Waals surface area contributed by atoms with Crippen molar-refractivity contribution in [3.63, 3.8) is 0 Å². The average Bonchev–Trinajstić information content (AvgIpc) is 3.31. The molecule has 8 heteroatoms. The highest BCUT2D eigenvalue weighted by molar-refractivity contribution is 7.98. The summed E-state index contributed by atoms with van der Waals surface area (Å²) in [7, 11) is 4.83. The Hall–Kier alpha value is -3.18. The van der Waals surface area contributed by atoms with Gasteiger partial charge in [0, 0.05) is 17.4 Å². The van der Waals surface area contributed by atoms with Crippen LogP contribution in [0, 0.1) is 11.3 Å². The van der Waals surface area contributed by atoms with Crippen LogP contribution in [0.1, 0.15) is 49.3 Å². The zero-order chi connectivity index (χ0) is 23.2. The van der Waals surface area contributed by atoms with Gasteiger partial charge in [0.2, 0.25) is 5.75 Å². The van der Waals surface area contributed by atoms with Crippen LogP contribution in [0.25, 0.3) is 11.4 Å². The van der Waals surface area contributed by atoms with E-state index in [-0.39, 0.29) is 0 Å². The minimum absolute atomic E-state index is 0.353. The van der Waals surface area contributed by atoms with Crippen molar-refractivity contribution in [2.24, 2.45) is 0 Å². The first-order valence-electron chi connectivity index (χ1n) is 11.1. The molecule has 0 bridgehead atoms. The molecule has 1 aliphatic carbocycles. The molecule has 1 heterocycles. The largest absolute Gasteiger partial charge is 0.493 e. The summed E-state index contributed by atoms with van der Waals surface area (Å²) >= 11 is 1.67. The van der Waals surface area contributed by atoms with Gasteiger partial charge in [-0.05, 0) is 42.7 Å². The second kappa shape index (κ2) is 10.6. The minimum atomic E-state index is 0.353. The molecular formula is C25H28N4O3S. The maximum Gasteiger partial charge on any atom is 0.203 e. The number of nitriles is 1. The summed E-state index contributed by atoms with van der Waals surface area (Å²) in [6.45, 7) is 0. The summed E-state index contributed by atoms with van der Waals surface area (Å²) in [6.07, 6.45) is 5.90. The standard InChI is InChI=1S/C25H28N4O3S/c1-30-21-13-19(14-22(31-2)23(21)32-3)24-27-28-25(29(24)20-7-5-4-6-8-20)33-16-18-11-9-17(15-26)10-12-18/h9-14,20H,4-8,16H2,1-3H3. The van der Waals surface area contributed by atoms with Crippen LogP contribution >= 0.6 is 11.8 Å². The van der Waals surface area contributed by atoms with E-state index in [0.717, 1.165) is 40.7 Å². The Kier molecular flexibility index (Phi) is 7.40. The molecule has 0 atom stereocenters. The third kappa shape index (κ3) is 4.93. The Morgan fingerprint density at radius 1 is 0.970 bits per heavy atom. The Morgan fingerprint density at radius 3 is 2.21 bits per heavy atom. The highest BCUT2D eigenvalue weighted by atomic mass is 32.2. The first-order chi connectivity index (χ1) is 16.2. The minimum Gasteiger partial charge on any atom is -0.493 e. The zero-order valence-electron chi connectivity index (χ0n) is 19.2. The average molecular weight is 465 g/mol. The molecule has 0 amide bonds. The highest BCUT2D eigenvalue weighted by Crippen LogP contribution is 2.43. The number of aromatic nitrogens is 3. The van der Waals surface area contributed by atoms with E-state index in [4.69, 9.17) is 19.5 Å². The van der Waals surface area contributed by atoms with Gasteiger partial charge in [-0.2, -0.15) is 5.26 Å². The van der Waals surface area contributed by atoms with E-state index in [1.54, 1.807) is 33.1 Å². The predicted molar refractivity (Wildman–Crippen MR) is 128 cm³/mol. The Bertz CT molecular complexity index is 1110. The topological polar surface area (TPSA) is 82.2 Å². The van der Waals surface area contributed by atoms with E-state index >= 15 is 0 Å². The van der Waals surface area contributed by atoms with Gasteiger partial charge in [-0.25, -0.2) is 0 Å². The number of rotatable bonds is 8. The predicted octanol–water partition coefficient (Wildman–Crippen LogP) is 5.64. The van der Waals surface area contributed by atoms with Gasteiger partial charge in [0.1, 0.15) is 0 Å². The van der Waals surface area contributed by atoms with Crippen LogP contribution in [0.5, 0.6) is 17.2 Å². The van der Waals surface area contributed by atoms with Crippen LogP contribution in [0.2, 0.25) is 0 Å². The SMILES string of the molecule is COc1cc(-c2nnc(SCc3ccc(C#N)cc3)n2C2CCCCC2)cc(OC)c1OC. The molecule has 0 spiro atoms. The maximum atomic E-state index is 9.03. The van der Waals surface area contributed by atoms with Crippen LogP contribution in [0.4, 0.5) is 0 Å². The van der Waals surface area contributed by atoms with E-state index < -0.39 is 0 Å². The van der Waals surface area contributed by atoms with Crippen molar-refractivity contribution in [1.82, 2.24) is 14.8 Å². The first kappa shape index (κ1) is 23.0. The van der Waals surface area contributed by atoms with E-state index in [2.05, 4.69) is 20.8 Å². The Labute approximate surface area is 198 Å². The van der Waals surface area contributed by atoms with E-state index in [9.17, 15) is 0 Å². The molecule has 1 aromatic heterocycles. The quantitative estimate of drug-likeness (QED) is 0.399. The lowest BCUT2D eigenvalue weighted by molar-refractivity contribution is 0.324. The summed E-state index contributed by atoms with van der Waals surface area (Å²) in [5.41, 5.74) is 2.69. The molecule has 7 nitrogen and oxygen atoms in total. The van der Waals surface area contributed by atoms with Crippen LogP contribution < -0.4 is 14.2 Å². The first-order valence-corrected chi connectivity index (χ1v) is 12.0.